The fraction of sp³-hybridized carbons (Fsp3) is 0.278. The Hall–Kier alpha value is -2.14. The number of anilines is 1. The van der Waals surface area contributed by atoms with Crippen molar-refractivity contribution in [3.05, 3.63) is 64.7 Å². The van der Waals surface area contributed by atoms with Crippen molar-refractivity contribution < 1.29 is 9.18 Å². The molecule has 0 spiro atoms. The lowest BCUT2D eigenvalue weighted by molar-refractivity contribution is -0.119. The lowest BCUT2D eigenvalue weighted by Crippen LogP contribution is -2.31. The van der Waals surface area contributed by atoms with E-state index >= 15 is 0 Å². The van der Waals surface area contributed by atoms with Crippen molar-refractivity contribution in [1.29, 1.82) is 0 Å². The van der Waals surface area contributed by atoms with Crippen molar-refractivity contribution in [2.75, 3.05) is 18.0 Å². The van der Waals surface area contributed by atoms with Gasteiger partial charge >= 0.3 is 0 Å². The molecule has 1 unspecified atom stereocenters. The van der Waals surface area contributed by atoms with Gasteiger partial charge in [-0.2, -0.15) is 0 Å². The highest BCUT2D eigenvalue weighted by molar-refractivity contribution is 7.09. The van der Waals surface area contributed by atoms with Gasteiger partial charge in [0.25, 0.3) is 0 Å². The molecular weight excluding hydrogens is 311 g/mol. The summed E-state index contributed by atoms with van der Waals surface area (Å²) in [6, 6.07) is 10.2. The molecule has 0 radical (unpaired) electrons. The highest BCUT2D eigenvalue weighted by atomic mass is 32.1. The molecule has 0 saturated carbocycles. The van der Waals surface area contributed by atoms with Crippen LogP contribution < -0.4 is 10.2 Å². The Labute approximate surface area is 139 Å². The van der Waals surface area contributed by atoms with Crippen LogP contribution in [0.5, 0.6) is 0 Å². The largest absolute Gasteiger partial charge is 0.388 e. The van der Waals surface area contributed by atoms with Crippen LogP contribution in [0.25, 0.3) is 0 Å². The smallest absolute Gasteiger partial charge is 0.236 e. The number of carbonyl (C=O) groups excluding carboxylic acids is 1. The SMILES string of the molecule is C=C(NCCc1cccs1)C1CCN(c2ccc(F)cc2)C1=O. The van der Waals surface area contributed by atoms with E-state index in [0.29, 0.717) is 6.54 Å². The van der Waals surface area contributed by atoms with E-state index < -0.39 is 0 Å². The highest BCUT2D eigenvalue weighted by Gasteiger charge is 2.34. The number of halogens is 1. The van der Waals surface area contributed by atoms with E-state index in [1.54, 1.807) is 28.4 Å². The standard InChI is InChI=1S/C18H19FN2OS/c1-13(20-10-8-16-3-2-12-23-16)17-9-11-21(18(17)22)15-6-4-14(19)5-7-15/h2-7,12,17,20H,1,8-11H2. The van der Waals surface area contributed by atoms with Crippen molar-refractivity contribution in [3.63, 3.8) is 0 Å². The number of amides is 1. The zero-order valence-electron chi connectivity index (χ0n) is 12.8. The third-order valence-electron chi connectivity index (χ3n) is 4.07. The molecule has 1 atom stereocenters. The summed E-state index contributed by atoms with van der Waals surface area (Å²) in [7, 11) is 0. The number of nitrogens with one attached hydrogen (secondary N) is 1. The summed E-state index contributed by atoms with van der Waals surface area (Å²) in [6.45, 7) is 5.45. The second-order valence-corrected chi connectivity index (χ2v) is 6.62. The summed E-state index contributed by atoms with van der Waals surface area (Å²) in [6.07, 6.45) is 1.67. The first-order valence-electron chi connectivity index (χ1n) is 7.67. The molecule has 1 amide bonds. The molecule has 1 saturated heterocycles. The van der Waals surface area contributed by atoms with Crippen molar-refractivity contribution in [2.45, 2.75) is 12.8 Å². The number of benzene rings is 1. The number of carbonyl (C=O) groups is 1. The van der Waals surface area contributed by atoms with Crippen LogP contribution in [0.3, 0.4) is 0 Å². The summed E-state index contributed by atoms with van der Waals surface area (Å²) >= 11 is 1.73. The molecule has 1 aromatic heterocycles. The lowest BCUT2D eigenvalue weighted by atomic mass is 10.1. The monoisotopic (exact) mass is 330 g/mol. The molecular formula is C18H19FN2OS. The average Bonchev–Trinajstić information content (AvgIpc) is 3.18. The number of rotatable bonds is 6. The van der Waals surface area contributed by atoms with Crippen LogP contribution in [-0.4, -0.2) is 19.0 Å². The van der Waals surface area contributed by atoms with Gasteiger partial charge in [-0.25, -0.2) is 4.39 Å². The van der Waals surface area contributed by atoms with E-state index in [1.807, 2.05) is 6.07 Å². The van der Waals surface area contributed by atoms with Gasteiger partial charge < -0.3 is 10.2 Å². The van der Waals surface area contributed by atoms with E-state index in [4.69, 9.17) is 0 Å². The van der Waals surface area contributed by atoms with Crippen LogP contribution in [-0.2, 0) is 11.2 Å². The lowest BCUT2D eigenvalue weighted by Gasteiger charge is -2.18. The van der Waals surface area contributed by atoms with Crippen LogP contribution in [0.1, 0.15) is 11.3 Å². The predicted molar refractivity (Wildman–Crippen MR) is 92.0 cm³/mol. The molecule has 3 nitrogen and oxygen atoms in total. The number of thiophene rings is 1. The maximum Gasteiger partial charge on any atom is 0.236 e. The minimum atomic E-state index is -0.295. The maximum absolute atomic E-state index is 13.0. The summed E-state index contributed by atoms with van der Waals surface area (Å²) in [5.41, 5.74) is 1.52. The van der Waals surface area contributed by atoms with E-state index in [1.165, 1.54) is 17.0 Å². The summed E-state index contributed by atoms with van der Waals surface area (Å²) in [4.78, 5) is 15.6. The Bertz CT molecular complexity index is 682. The van der Waals surface area contributed by atoms with Crippen molar-refractivity contribution in [1.82, 2.24) is 5.32 Å². The molecule has 1 N–H and O–H groups in total. The van der Waals surface area contributed by atoms with Crippen molar-refractivity contribution in [2.24, 2.45) is 5.92 Å². The van der Waals surface area contributed by atoms with Crippen LogP contribution in [0, 0.1) is 11.7 Å². The van der Waals surface area contributed by atoms with Crippen LogP contribution >= 0.6 is 11.3 Å². The van der Waals surface area contributed by atoms with Gasteiger partial charge in [-0.05, 0) is 48.6 Å². The third-order valence-corrected chi connectivity index (χ3v) is 5.00. The van der Waals surface area contributed by atoms with Crippen molar-refractivity contribution in [3.8, 4) is 0 Å². The molecule has 3 rings (SSSR count). The topological polar surface area (TPSA) is 32.3 Å². The first-order chi connectivity index (χ1) is 11.1. The summed E-state index contributed by atoms with van der Waals surface area (Å²) < 4.78 is 13.0. The molecule has 1 aliphatic heterocycles. The van der Waals surface area contributed by atoms with Gasteiger partial charge in [0.2, 0.25) is 5.91 Å². The third kappa shape index (κ3) is 3.62. The van der Waals surface area contributed by atoms with Gasteiger partial charge in [0, 0.05) is 29.4 Å². The quantitative estimate of drug-likeness (QED) is 0.878. The van der Waals surface area contributed by atoms with Gasteiger partial charge in [-0.3, -0.25) is 4.79 Å². The number of nitrogens with zero attached hydrogens (tertiary/aromatic N) is 1. The highest BCUT2D eigenvalue weighted by Crippen LogP contribution is 2.28. The van der Waals surface area contributed by atoms with E-state index in [2.05, 4.69) is 23.3 Å². The predicted octanol–water partition coefficient (Wildman–Crippen LogP) is 3.59. The molecule has 5 heteroatoms. The van der Waals surface area contributed by atoms with Crippen LogP contribution in [0.2, 0.25) is 0 Å². The molecule has 1 aromatic carbocycles. The number of hydrogen-bond acceptors (Lipinski definition) is 3. The average molecular weight is 330 g/mol. The Kier molecular flexibility index (Phi) is 4.76. The zero-order valence-corrected chi connectivity index (χ0v) is 13.6. The van der Waals surface area contributed by atoms with E-state index in [9.17, 15) is 9.18 Å². The Morgan fingerprint density at radius 2 is 2.13 bits per heavy atom. The van der Waals surface area contributed by atoms with Gasteiger partial charge in [-0.15, -0.1) is 11.3 Å². The molecule has 23 heavy (non-hydrogen) atoms. The minimum Gasteiger partial charge on any atom is -0.388 e. The minimum absolute atomic E-state index is 0.0326. The fourth-order valence-corrected chi connectivity index (χ4v) is 3.51. The maximum atomic E-state index is 13.0. The second kappa shape index (κ2) is 6.96. The molecule has 1 aliphatic rings. The Morgan fingerprint density at radius 1 is 1.35 bits per heavy atom. The molecule has 2 heterocycles. The van der Waals surface area contributed by atoms with Crippen molar-refractivity contribution >= 4 is 22.9 Å². The molecule has 0 aliphatic carbocycles. The van der Waals surface area contributed by atoms with Gasteiger partial charge in [0.05, 0.1) is 5.92 Å². The van der Waals surface area contributed by atoms with Gasteiger partial charge in [-0.1, -0.05) is 12.6 Å². The first kappa shape index (κ1) is 15.7. The molecule has 2 aromatic rings. The Balaban J connectivity index is 1.55. The second-order valence-electron chi connectivity index (χ2n) is 5.59. The summed E-state index contributed by atoms with van der Waals surface area (Å²) in [5, 5.41) is 5.34. The van der Waals surface area contributed by atoms with Gasteiger partial charge in [0.1, 0.15) is 5.82 Å². The number of hydrogen-bond donors (Lipinski definition) is 1. The zero-order chi connectivity index (χ0) is 16.2. The molecule has 1 fully saturated rings. The van der Waals surface area contributed by atoms with Crippen LogP contribution in [0.15, 0.2) is 54.1 Å². The van der Waals surface area contributed by atoms with E-state index in [-0.39, 0.29) is 17.6 Å². The molecule has 0 bridgehead atoms. The van der Waals surface area contributed by atoms with Gasteiger partial charge in [0.15, 0.2) is 0 Å². The van der Waals surface area contributed by atoms with E-state index in [0.717, 1.165) is 30.8 Å². The Morgan fingerprint density at radius 3 is 2.83 bits per heavy atom. The van der Waals surface area contributed by atoms with Crippen LogP contribution in [0.4, 0.5) is 10.1 Å². The summed E-state index contributed by atoms with van der Waals surface area (Å²) in [5.74, 6) is -0.467. The fourth-order valence-electron chi connectivity index (χ4n) is 2.80. The molecule has 120 valence electrons. The normalized spacial score (nSPS) is 17.5. The first-order valence-corrected chi connectivity index (χ1v) is 8.55.